The fourth-order valence-corrected chi connectivity index (χ4v) is 3.55. The fourth-order valence-electron chi connectivity index (χ4n) is 2.91. The van der Waals surface area contributed by atoms with E-state index in [4.69, 9.17) is 9.47 Å². The van der Waals surface area contributed by atoms with E-state index in [1.54, 1.807) is 11.3 Å². The zero-order chi connectivity index (χ0) is 15.6. The molecular formula is C15H18N4O3S. The summed E-state index contributed by atoms with van der Waals surface area (Å²) in [5, 5.41) is 15.5. The van der Waals surface area contributed by atoms with E-state index >= 15 is 0 Å². The largest absolute Gasteiger partial charge is 0.381 e. The van der Waals surface area contributed by atoms with E-state index in [0.29, 0.717) is 32.9 Å². The van der Waals surface area contributed by atoms with Gasteiger partial charge in [-0.2, -0.15) is 11.3 Å². The minimum Gasteiger partial charge on any atom is -0.381 e. The molecule has 23 heavy (non-hydrogen) atoms. The number of carbonyl (C=O) groups is 1. The molecule has 2 aliphatic heterocycles. The third-order valence-corrected chi connectivity index (χ3v) is 4.95. The van der Waals surface area contributed by atoms with Gasteiger partial charge in [0.2, 0.25) is 5.91 Å². The van der Waals surface area contributed by atoms with Gasteiger partial charge in [0.15, 0.2) is 0 Å². The highest BCUT2D eigenvalue weighted by Gasteiger charge is 2.27. The zero-order valence-electron chi connectivity index (χ0n) is 12.6. The zero-order valence-corrected chi connectivity index (χ0v) is 13.4. The van der Waals surface area contributed by atoms with Crippen LogP contribution >= 0.6 is 11.3 Å². The number of hydrogen-bond acceptors (Lipinski definition) is 6. The Labute approximate surface area is 137 Å². The number of amides is 1. The molecule has 1 amide bonds. The standard InChI is InChI=1S/C15H18N4O3S/c20-15(10-1-3-21-7-10)16-5-12-6-19-13(8-22-12)14(17-18-19)11-2-4-23-9-11/h2,4,9-10,12H,1,3,5-8H2,(H,16,20)/t10-,12+/m0/s1. The highest BCUT2D eigenvalue weighted by molar-refractivity contribution is 7.08. The highest BCUT2D eigenvalue weighted by atomic mass is 32.1. The molecule has 0 unspecified atom stereocenters. The minimum atomic E-state index is -0.0780. The third kappa shape index (κ3) is 3.01. The maximum absolute atomic E-state index is 12.0. The molecule has 1 N–H and O–H groups in total. The van der Waals surface area contributed by atoms with Crippen molar-refractivity contribution in [2.75, 3.05) is 19.8 Å². The molecule has 1 saturated heterocycles. The summed E-state index contributed by atoms with van der Waals surface area (Å²) >= 11 is 1.64. The second-order valence-corrected chi connectivity index (χ2v) is 6.60. The lowest BCUT2D eigenvalue weighted by Gasteiger charge is -2.24. The van der Waals surface area contributed by atoms with Gasteiger partial charge in [0.25, 0.3) is 0 Å². The summed E-state index contributed by atoms with van der Waals surface area (Å²) < 4.78 is 13.0. The monoisotopic (exact) mass is 334 g/mol. The number of ether oxygens (including phenoxy) is 2. The predicted octanol–water partition coefficient (Wildman–Crippen LogP) is 1.06. The number of rotatable bonds is 4. The van der Waals surface area contributed by atoms with Gasteiger partial charge in [-0.3, -0.25) is 4.79 Å². The van der Waals surface area contributed by atoms with Crippen molar-refractivity contribution in [1.29, 1.82) is 0 Å². The number of carbonyl (C=O) groups excluding carboxylic acids is 1. The van der Waals surface area contributed by atoms with Crippen LogP contribution in [0.1, 0.15) is 12.1 Å². The highest BCUT2D eigenvalue weighted by Crippen LogP contribution is 2.26. The number of thiophene rings is 1. The molecule has 4 rings (SSSR count). The van der Waals surface area contributed by atoms with Crippen molar-refractivity contribution < 1.29 is 14.3 Å². The van der Waals surface area contributed by atoms with E-state index < -0.39 is 0 Å². The quantitative estimate of drug-likeness (QED) is 0.904. The minimum absolute atomic E-state index is 0.0225. The van der Waals surface area contributed by atoms with E-state index in [0.717, 1.165) is 23.4 Å². The molecule has 0 bridgehead atoms. The molecule has 7 nitrogen and oxygen atoms in total. The molecule has 2 aliphatic rings. The Morgan fingerprint density at radius 3 is 3.26 bits per heavy atom. The molecule has 1 fully saturated rings. The molecule has 2 aromatic heterocycles. The number of aromatic nitrogens is 3. The lowest BCUT2D eigenvalue weighted by molar-refractivity contribution is -0.126. The average molecular weight is 334 g/mol. The van der Waals surface area contributed by atoms with Crippen molar-refractivity contribution >= 4 is 17.2 Å². The number of nitrogens with one attached hydrogen (secondary N) is 1. The van der Waals surface area contributed by atoms with E-state index in [1.165, 1.54) is 0 Å². The van der Waals surface area contributed by atoms with Crippen molar-refractivity contribution in [3.63, 3.8) is 0 Å². The Balaban J connectivity index is 1.37. The first-order valence-electron chi connectivity index (χ1n) is 7.73. The molecule has 2 atom stereocenters. The maximum atomic E-state index is 12.0. The van der Waals surface area contributed by atoms with Crippen LogP contribution < -0.4 is 5.32 Å². The summed E-state index contributed by atoms with van der Waals surface area (Å²) in [4.78, 5) is 12.0. The topological polar surface area (TPSA) is 78.3 Å². The van der Waals surface area contributed by atoms with Gasteiger partial charge in [-0.25, -0.2) is 4.68 Å². The van der Waals surface area contributed by atoms with Gasteiger partial charge in [-0.05, 0) is 17.9 Å². The summed E-state index contributed by atoms with van der Waals surface area (Å²) in [6.07, 6.45) is 0.722. The molecule has 2 aromatic rings. The van der Waals surface area contributed by atoms with Gasteiger partial charge in [0.05, 0.1) is 37.5 Å². The lowest BCUT2D eigenvalue weighted by Crippen LogP contribution is -2.41. The van der Waals surface area contributed by atoms with Gasteiger partial charge >= 0.3 is 0 Å². The van der Waals surface area contributed by atoms with Crippen molar-refractivity contribution in [3.8, 4) is 11.3 Å². The van der Waals surface area contributed by atoms with Crippen molar-refractivity contribution in [1.82, 2.24) is 20.3 Å². The van der Waals surface area contributed by atoms with Crippen LogP contribution in [0.4, 0.5) is 0 Å². The molecule has 122 valence electrons. The van der Waals surface area contributed by atoms with Gasteiger partial charge < -0.3 is 14.8 Å². The van der Waals surface area contributed by atoms with Crippen molar-refractivity contribution in [2.45, 2.75) is 25.7 Å². The Hall–Kier alpha value is -1.77. The van der Waals surface area contributed by atoms with E-state index in [2.05, 4.69) is 21.0 Å². The van der Waals surface area contributed by atoms with Gasteiger partial charge in [0.1, 0.15) is 5.69 Å². The molecule has 8 heteroatoms. The SMILES string of the molecule is O=C(NC[C@@H]1Cn2nnc(-c3ccsc3)c2CO1)[C@H]1CCOC1. The van der Waals surface area contributed by atoms with Crippen LogP contribution in [-0.4, -0.2) is 46.8 Å². The Kier molecular flexibility index (Phi) is 4.11. The molecule has 0 radical (unpaired) electrons. The van der Waals surface area contributed by atoms with E-state index in [9.17, 15) is 4.79 Å². The second-order valence-electron chi connectivity index (χ2n) is 5.82. The Morgan fingerprint density at radius 1 is 1.52 bits per heavy atom. The number of fused-ring (bicyclic) bond motifs is 1. The van der Waals surface area contributed by atoms with E-state index in [-0.39, 0.29) is 17.9 Å². The second kappa shape index (κ2) is 6.38. The van der Waals surface area contributed by atoms with Crippen molar-refractivity contribution in [2.24, 2.45) is 5.92 Å². The van der Waals surface area contributed by atoms with Crippen LogP contribution in [0.25, 0.3) is 11.3 Å². The molecule has 0 aromatic carbocycles. The van der Waals surface area contributed by atoms with Crippen LogP contribution in [0.3, 0.4) is 0 Å². The number of nitrogens with zero attached hydrogens (tertiary/aromatic N) is 3. The summed E-state index contributed by atoms with van der Waals surface area (Å²) in [5.74, 6) is 0.0279. The average Bonchev–Trinajstić information content (AvgIpc) is 3.32. The maximum Gasteiger partial charge on any atom is 0.225 e. The lowest BCUT2D eigenvalue weighted by atomic mass is 10.1. The first-order valence-corrected chi connectivity index (χ1v) is 8.67. The predicted molar refractivity (Wildman–Crippen MR) is 83.8 cm³/mol. The van der Waals surface area contributed by atoms with Gasteiger partial charge in [-0.1, -0.05) is 5.21 Å². The molecule has 4 heterocycles. The normalized spacial score (nSPS) is 23.7. The van der Waals surface area contributed by atoms with Gasteiger partial charge in [-0.15, -0.1) is 5.10 Å². The Morgan fingerprint density at radius 2 is 2.48 bits per heavy atom. The van der Waals surface area contributed by atoms with Crippen molar-refractivity contribution in [3.05, 3.63) is 22.5 Å². The smallest absolute Gasteiger partial charge is 0.225 e. The summed E-state index contributed by atoms with van der Waals surface area (Å²) in [5.41, 5.74) is 2.96. The third-order valence-electron chi connectivity index (χ3n) is 4.27. The van der Waals surface area contributed by atoms with Crippen LogP contribution in [0.15, 0.2) is 16.8 Å². The molecule has 0 spiro atoms. The Bertz CT molecular complexity index is 679. The van der Waals surface area contributed by atoms with Gasteiger partial charge in [0, 0.05) is 24.1 Å². The van der Waals surface area contributed by atoms with E-state index in [1.807, 2.05) is 16.1 Å². The summed E-state index contributed by atoms with van der Waals surface area (Å²) in [7, 11) is 0. The summed E-state index contributed by atoms with van der Waals surface area (Å²) in [6.45, 7) is 2.75. The fraction of sp³-hybridized carbons (Fsp3) is 0.533. The van der Waals surface area contributed by atoms with Crippen LogP contribution in [-0.2, 0) is 27.4 Å². The molecular weight excluding hydrogens is 316 g/mol. The van der Waals surface area contributed by atoms with Crippen LogP contribution in [0.2, 0.25) is 0 Å². The van der Waals surface area contributed by atoms with Crippen LogP contribution in [0, 0.1) is 5.92 Å². The first kappa shape index (κ1) is 14.8. The molecule has 0 saturated carbocycles. The van der Waals surface area contributed by atoms with Crippen LogP contribution in [0.5, 0.6) is 0 Å². The first-order chi connectivity index (χ1) is 11.3. The molecule has 0 aliphatic carbocycles. The summed E-state index contributed by atoms with van der Waals surface area (Å²) in [6, 6.07) is 2.03. The number of hydrogen-bond donors (Lipinski definition) is 1.